The van der Waals surface area contributed by atoms with E-state index >= 15 is 0 Å². The molecule has 0 saturated heterocycles. The summed E-state index contributed by atoms with van der Waals surface area (Å²) in [5.74, 6) is -2.77. The van der Waals surface area contributed by atoms with Crippen LogP contribution in [-0.2, 0) is 27.8 Å². The van der Waals surface area contributed by atoms with E-state index in [2.05, 4.69) is 15.8 Å². The van der Waals surface area contributed by atoms with Crippen molar-refractivity contribution >= 4 is 18.0 Å². The predicted octanol–water partition coefficient (Wildman–Crippen LogP) is 6.22. The minimum atomic E-state index is -4.60. The first-order valence-corrected chi connectivity index (χ1v) is 12.8. The van der Waals surface area contributed by atoms with Crippen molar-refractivity contribution in [3.05, 3.63) is 113 Å². The summed E-state index contributed by atoms with van der Waals surface area (Å²) in [6, 6.07) is 15.2. The minimum Gasteiger partial charge on any atom is -0.479 e. The quantitative estimate of drug-likeness (QED) is 0.195. The van der Waals surface area contributed by atoms with Crippen LogP contribution in [0.1, 0.15) is 52.6 Å². The van der Waals surface area contributed by atoms with Crippen molar-refractivity contribution in [1.82, 2.24) is 15.8 Å². The predicted molar refractivity (Wildman–Crippen MR) is 144 cm³/mol. The van der Waals surface area contributed by atoms with Gasteiger partial charge in [-0.3, -0.25) is 4.79 Å². The van der Waals surface area contributed by atoms with Crippen molar-refractivity contribution in [2.75, 3.05) is 0 Å². The molecule has 1 aromatic heterocycles. The lowest BCUT2D eigenvalue weighted by atomic mass is 9.90. The SMILES string of the molecule is CC(OC(=O)NCc1conc1-c1ccc(C(=O)NC(C)(C(=O)O)c2ccc(C(F)(F)F)cc2)cc1)c1ccccc1F. The van der Waals surface area contributed by atoms with Gasteiger partial charge in [-0.05, 0) is 49.7 Å². The number of carbonyl (C=O) groups is 3. The number of amides is 2. The van der Waals surface area contributed by atoms with Crippen molar-refractivity contribution in [3.8, 4) is 11.3 Å². The summed E-state index contributed by atoms with van der Waals surface area (Å²) in [5, 5.41) is 18.7. The molecule has 0 aliphatic rings. The number of hydrogen-bond donors (Lipinski definition) is 3. The van der Waals surface area contributed by atoms with Gasteiger partial charge in [-0.1, -0.05) is 47.6 Å². The summed E-state index contributed by atoms with van der Waals surface area (Å²) in [5.41, 5.74) is -1.44. The number of alkyl carbamates (subject to hydrolysis) is 1. The third kappa shape index (κ3) is 7.00. The van der Waals surface area contributed by atoms with Crippen LogP contribution in [0.2, 0.25) is 0 Å². The molecule has 0 aliphatic carbocycles. The number of ether oxygens (including phenoxy) is 1. The van der Waals surface area contributed by atoms with Gasteiger partial charge in [0, 0.05) is 22.3 Å². The van der Waals surface area contributed by atoms with Crippen LogP contribution >= 0.6 is 0 Å². The van der Waals surface area contributed by atoms with Gasteiger partial charge < -0.3 is 25.0 Å². The van der Waals surface area contributed by atoms with Crippen LogP contribution in [0.4, 0.5) is 22.4 Å². The highest BCUT2D eigenvalue weighted by Gasteiger charge is 2.38. The Labute approximate surface area is 242 Å². The first-order valence-electron chi connectivity index (χ1n) is 12.8. The van der Waals surface area contributed by atoms with Gasteiger partial charge >= 0.3 is 18.2 Å². The molecule has 0 spiro atoms. The summed E-state index contributed by atoms with van der Waals surface area (Å²) < 4.78 is 63.0. The Morgan fingerprint density at radius 3 is 2.21 bits per heavy atom. The molecule has 4 aromatic rings. The summed E-state index contributed by atoms with van der Waals surface area (Å²) >= 11 is 0. The molecule has 4 rings (SSSR count). The Bertz CT molecular complexity index is 1620. The number of hydrogen-bond acceptors (Lipinski definition) is 6. The highest BCUT2D eigenvalue weighted by Crippen LogP contribution is 2.31. The number of aliphatic carboxylic acids is 1. The molecule has 13 heteroatoms. The van der Waals surface area contributed by atoms with E-state index in [1.54, 1.807) is 6.07 Å². The standard InChI is InChI=1S/C30H25F4N3O6/c1-17(23-5-3-4-6-24(23)31)43-28(41)35-15-20-16-42-37-25(20)18-7-9-19(10-8-18)26(38)36-29(2,27(39)40)21-11-13-22(14-12-21)30(32,33)34/h3-14,16-17H,15H2,1-2H3,(H,35,41)(H,36,38)(H,39,40). The van der Waals surface area contributed by atoms with E-state index in [0.29, 0.717) is 16.8 Å². The molecule has 0 radical (unpaired) electrons. The fraction of sp³-hybridized carbons (Fsp3) is 0.200. The van der Waals surface area contributed by atoms with Crippen LogP contribution in [0.15, 0.2) is 83.6 Å². The Morgan fingerprint density at radius 1 is 0.977 bits per heavy atom. The minimum absolute atomic E-state index is 0.0476. The van der Waals surface area contributed by atoms with Gasteiger partial charge in [0.25, 0.3) is 5.91 Å². The molecule has 9 nitrogen and oxygen atoms in total. The zero-order valence-corrected chi connectivity index (χ0v) is 22.7. The van der Waals surface area contributed by atoms with Crippen LogP contribution in [-0.4, -0.2) is 28.2 Å². The fourth-order valence-electron chi connectivity index (χ4n) is 4.18. The summed E-state index contributed by atoms with van der Waals surface area (Å²) in [7, 11) is 0. The number of rotatable bonds is 9. The van der Waals surface area contributed by atoms with Crippen molar-refractivity contribution in [3.63, 3.8) is 0 Å². The summed E-state index contributed by atoms with van der Waals surface area (Å²) in [6.45, 7) is 2.65. The average molecular weight is 600 g/mol. The van der Waals surface area contributed by atoms with E-state index < -0.39 is 47.2 Å². The number of carboxylic acids is 1. The molecule has 3 N–H and O–H groups in total. The molecule has 0 bridgehead atoms. The van der Waals surface area contributed by atoms with E-state index in [9.17, 15) is 37.1 Å². The monoisotopic (exact) mass is 599 g/mol. The third-order valence-corrected chi connectivity index (χ3v) is 6.69. The van der Waals surface area contributed by atoms with E-state index in [0.717, 1.165) is 24.3 Å². The fourth-order valence-corrected chi connectivity index (χ4v) is 4.18. The van der Waals surface area contributed by atoms with Gasteiger partial charge in [-0.25, -0.2) is 14.0 Å². The Balaban J connectivity index is 1.42. The molecular weight excluding hydrogens is 574 g/mol. The molecule has 3 aromatic carbocycles. The Morgan fingerprint density at radius 2 is 1.60 bits per heavy atom. The molecule has 0 saturated carbocycles. The van der Waals surface area contributed by atoms with Gasteiger partial charge in [0.15, 0.2) is 5.54 Å². The Hall–Kier alpha value is -5.20. The maximum Gasteiger partial charge on any atom is 0.416 e. The van der Waals surface area contributed by atoms with Crippen LogP contribution in [0.5, 0.6) is 0 Å². The first-order chi connectivity index (χ1) is 20.3. The molecule has 2 amide bonds. The molecule has 1 heterocycles. The lowest BCUT2D eigenvalue weighted by Gasteiger charge is -2.27. The summed E-state index contributed by atoms with van der Waals surface area (Å²) in [4.78, 5) is 37.3. The van der Waals surface area contributed by atoms with Gasteiger partial charge in [-0.2, -0.15) is 13.2 Å². The van der Waals surface area contributed by atoms with Crippen molar-refractivity contribution < 1.29 is 46.3 Å². The highest BCUT2D eigenvalue weighted by atomic mass is 19.4. The normalized spacial score (nSPS) is 13.4. The van der Waals surface area contributed by atoms with Gasteiger partial charge in [0.1, 0.15) is 23.9 Å². The van der Waals surface area contributed by atoms with E-state index in [4.69, 9.17) is 9.26 Å². The zero-order valence-electron chi connectivity index (χ0n) is 22.7. The Kier molecular flexibility index (Phi) is 8.83. The number of nitrogens with one attached hydrogen (secondary N) is 2. The first kappa shape index (κ1) is 30.8. The molecule has 224 valence electrons. The second-order valence-corrected chi connectivity index (χ2v) is 9.65. The molecule has 2 unspecified atom stereocenters. The zero-order chi connectivity index (χ0) is 31.4. The average Bonchev–Trinajstić information content (AvgIpc) is 3.44. The molecule has 43 heavy (non-hydrogen) atoms. The molecular formula is C30H25F4N3O6. The van der Waals surface area contributed by atoms with Gasteiger partial charge in [0.05, 0.1) is 12.1 Å². The number of nitrogens with zero attached hydrogens (tertiary/aromatic N) is 1. The number of alkyl halides is 3. The molecule has 2 atom stereocenters. The van der Waals surface area contributed by atoms with Crippen molar-refractivity contribution in [1.29, 1.82) is 0 Å². The largest absolute Gasteiger partial charge is 0.479 e. The van der Waals surface area contributed by atoms with Gasteiger partial charge in [-0.15, -0.1) is 0 Å². The van der Waals surface area contributed by atoms with Crippen LogP contribution in [0.3, 0.4) is 0 Å². The lowest BCUT2D eigenvalue weighted by Crippen LogP contribution is -2.49. The van der Waals surface area contributed by atoms with Crippen LogP contribution < -0.4 is 10.6 Å². The second-order valence-electron chi connectivity index (χ2n) is 9.65. The highest BCUT2D eigenvalue weighted by molar-refractivity contribution is 5.98. The van der Waals surface area contributed by atoms with Crippen LogP contribution in [0, 0.1) is 5.82 Å². The number of aromatic nitrogens is 1. The maximum atomic E-state index is 13.9. The lowest BCUT2D eigenvalue weighted by molar-refractivity contribution is -0.144. The number of benzene rings is 3. The van der Waals surface area contributed by atoms with E-state index in [-0.39, 0.29) is 23.2 Å². The summed E-state index contributed by atoms with van der Waals surface area (Å²) in [6.07, 6.45) is -4.94. The van der Waals surface area contributed by atoms with Crippen molar-refractivity contribution in [2.24, 2.45) is 0 Å². The molecule has 0 aliphatic heterocycles. The third-order valence-electron chi connectivity index (χ3n) is 6.69. The van der Waals surface area contributed by atoms with E-state index in [1.165, 1.54) is 62.6 Å². The topological polar surface area (TPSA) is 131 Å². The van der Waals surface area contributed by atoms with Crippen LogP contribution in [0.25, 0.3) is 11.3 Å². The van der Waals surface area contributed by atoms with Gasteiger partial charge in [0.2, 0.25) is 0 Å². The maximum absolute atomic E-state index is 13.9. The second kappa shape index (κ2) is 12.3. The van der Waals surface area contributed by atoms with Crippen molar-refractivity contribution in [2.45, 2.75) is 38.2 Å². The van der Waals surface area contributed by atoms with E-state index in [1.807, 2.05) is 0 Å². The number of halogens is 4. The number of carboxylic acid groups (broad SMARTS) is 1. The smallest absolute Gasteiger partial charge is 0.416 e. The molecule has 0 fully saturated rings. The number of carbonyl (C=O) groups excluding carboxylic acids is 2.